The second-order valence-electron chi connectivity index (χ2n) is 6.48. The summed E-state index contributed by atoms with van der Waals surface area (Å²) in [5.74, 6) is -0.637. The van der Waals surface area contributed by atoms with Gasteiger partial charge in [-0.25, -0.2) is 9.59 Å². The lowest BCUT2D eigenvalue weighted by atomic mass is 9.95. The van der Waals surface area contributed by atoms with Gasteiger partial charge in [-0.1, -0.05) is 37.3 Å². The summed E-state index contributed by atoms with van der Waals surface area (Å²) in [5.41, 5.74) is 1.24. The molecule has 1 aliphatic heterocycles. The molecule has 0 radical (unpaired) electrons. The first-order chi connectivity index (χ1) is 12.5. The predicted octanol–water partition coefficient (Wildman–Crippen LogP) is 2.06. The van der Waals surface area contributed by atoms with Crippen molar-refractivity contribution in [2.45, 2.75) is 26.3 Å². The van der Waals surface area contributed by atoms with Crippen LogP contribution in [0.3, 0.4) is 0 Å². The Morgan fingerprint density at radius 1 is 1.19 bits per heavy atom. The number of hydrogen-bond donors (Lipinski definition) is 2. The van der Waals surface area contributed by atoms with Crippen LogP contribution in [0, 0.1) is 11.8 Å². The number of hydrogen-bond acceptors (Lipinski definition) is 5. The molecule has 1 fully saturated rings. The van der Waals surface area contributed by atoms with E-state index in [1.807, 2.05) is 37.3 Å². The summed E-state index contributed by atoms with van der Waals surface area (Å²) in [4.78, 5) is 36.6. The van der Waals surface area contributed by atoms with Crippen LogP contribution in [0.1, 0.15) is 31.9 Å². The van der Waals surface area contributed by atoms with Crippen molar-refractivity contribution < 1.29 is 23.9 Å². The van der Waals surface area contributed by atoms with Crippen LogP contribution in [0.25, 0.3) is 0 Å². The molecular formula is C19H22N2O5. The minimum absolute atomic E-state index is 0.0935. The lowest BCUT2D eigenvalue weighted by molar-refractivity contribution is -0.145. The fourth-order valence-corrected chi connectivity index (χ4v) is 2.98. The third-order valence-corrected chi connectivity index (χ3v) is 4.55. The Labute approximate surface area is 151 Å². The summed E-state index contributed by atoms with van der Waals surface area (Å²) < 4.78 is 10.5. The van der Waals surface area contributed by atoms with Crippen molar-refractivity contribution >= 4 is 18.0 Å². The molecule has 138 valence electrons. The summed E-state index contributed by atoms with van der Waals surface area (Å²) in [5, 5.41) is 5.32. The van der Waals surface area contributed by atoms with Crippen LogP contribution in [0.4, 0.5) is 4.79 Å². The highest BCUT2D eigenvalue weighted by atomic mass is 16.5. The average molecular weight is 358 g/mol. The molecule has 1 aromatic carbocycles. The predicted molar refractivity (Wildman–Crippen MR) is 92.7 cm³/mol. The molecule has 2 N–H and O–H groups in total. The topological polar surface area (TPSA) is 93.7 Å². The van der Waals surface area contributed by atoms with Gasteiger partial charge in [0.05, 0.1) is 29.8 Å². The fourth-order valence-electron chi connectivity index (χ4n) is 2.98. The molecule has 0 saturated heterocycles. The normalized spacial score (nSPS) is 24.4. The quantitative estimate of drug-likeness (QED) is 0.759. The van der Waals surface area contributed by atoms with Crippen molar-refractivity contribution in [2.24, 2.45) is 11.8 Å². The molecule has 1 heterocycles. The van der Waals surface area contributed by atoms with Crippen molar-refractivity contribution in [2.75, 3.05) is 13.2 Å². The SMILES string of the molecule is CCOC(=O)C1=C(COC(=O)[C@H]2C[C@@H]2C)NC(=O)N[C@H]1c1ccccc1. The van der Waals surface area contributed by atoms with Gasteiger partial charge in [-0.2, -0.15) is 0 Å². The number of urea groups is 1. The Hall–Kier alpha value is -2.83. The van der Waals surface area contributed by atoms with E-state index in [1.165, 1.54) is 0 Å². The summed E-state index contributed by atoms with van der Waals surface area (Å²) in [6.07, 6.45) is 0.809. The highest BCUT2D eigenvalue weighted by Gasteiger charge is 2.41. The highest BCUT2D eigenvalue weighted by molar-refractivity contribution is 5.95. The lowest BCUT2D eigenvalue weighted by Crippen LogP contribution is -2.47. The van der Waals surface area contributed by atoms with Crippen LogP contribution in [-0.4, -0.2) is 31.2 Å². The minimum Gasteiger partial charge on any atom is -0.463 e. The summed E-state index contributed by atoms with van der Waals surface area (Å²) in [7, 11) is 0. The number of rotatable bonds is 6. The average Bonchev–Trinajstić information content (AvgIpc) is 3.37. The van der Waals surface area contributed by atoms with E-state index in [0.29, 0.717) is 5.92 Å². The highest BCUT2D eigenvalue weighted by Crippen LogP contribution is 2.38. The first kappa shape index (κ1) is 18.0. The fraction of sp³-hybridized carbons (Fsp3) is 0.421. The van der Waals surface area contributed by atoms with Crippen molar-refractivity contribution in [3.8, 4) is 0 Å². The van der Waals surface area contributed by atoms with Gasteiger partial charge in [-0.05, 0) is 24.8 Å². The van der Waals surface area contributed by atoms with Crippen molar-refractivity contribution in [1.82, 2.24) is 10.6 Å². The molecular weight excluding hydrogens is 336 g/mol. The minimum atomic E-state index is -0.669. The molecule has 0 spiro atoms. The number of ether oxygens (including phenoxy) is 2. The maximum absolute atomic E-state index is 12.5. The largest absolute Gasteiger partial charge is 0.463 e. The zero-order valence-electron chi connectivity index (χ0n) is 14.8. The van der Waals surface area contributed by atoms with Gasteiger partial charge in [-0.3, -0.25) is 4.79 Å². The van der Waals surface area contributed by atoms with Crippen LogP contribution in [-0.2, 0) is 19.1 Å². The van der Waals surface area contributed by atoms with Crippen LogP contribution < -0.4 is 10.6 Å². The first-order valence-corrected chi connectivity index (χ1v) is 8.70. The van der Waals surface area contributed by atoms with Crippen LogP contribution in [0.2, 0.25) is 0 Å². The van der Waals surface area contributed by atoms with Gasteiger partial charge >= 0.3 is 18.0 Å². The van der Waals surface area contributed by atoms with Gasteiger partial charge < -0.3 is 20.1 Å². The van der Waals surface area contributed by atoms with E-state index in [-0.39, 0.29) is 36.4 Å². The molecule has 0 unspecified atom stereocenters. The standard InChI is InChI=1S/C19H22N2O5/c1-3-25-18(23)15-14(10-26-17(22)13-9-11(13)2)20-19(24)21-16(15)12-7-5-4-6-8-12/h4-8,11,13,16H,3,9-10H2,1-2H3,(H2,20,21,24)/t11-,13-,16-/m0/s1. The second kappa shape index (κ2) is 7.59. The summed E-state index contributed by atoms with van der Waals surface area (Å²) in [6, 6.07) is 7.98. The zero-order valence-corrected chi connectivity index (χ0v) is 14.8. The monoisotopic (exact) mass is 358 g/mol. The van der Waals surface area contributed by atoms with Crippen molar-refractivity contribution in [3.05, 3.63) is 47.2 Å². The maximum atomic E-state index is 12.5. The molecule has 2 aliphatic rings. The Kier molecular flexibility index (Phi) is 5.25. The second-order valence-corrected chi connectivity index (χ2v) is 6.48. The third-order valence-electron chi connectivity index (χ3n) is 4.55. The Bertz CT molecular complexity index is 744. The van der Waals surface area contributed by atoms with Gasteiger partial charge in [0.15, 0.2) is 0 Å². The maximum Gasteiger partial charge on any atom is 0.338 e. The van der Waals surface area contributed by atoms with E-state index in [0.717, 1.165) is 12.0 Å². The number of carbonyl (C=O) groups is 3. The summed E-state index contributed by atoms with van der Waals surface area (Å²) in [6.45, 7) is 3.71. The molecule has 1 saturated carbocycles. The molecule has 1 aromatic rings. The number of esters is 2. The molecule has 2 amide bonds. The summed E-state index contributed by atoms with van der Waals surface area (Å²) >= 11 is 0. The zero-order chi connectivity index (χ0) is 18.7. The smallest absolute Gasteiger partial charge is 0.338 e. The van der Waals surface area contributed by atoms with Gasteiger partial charge in [0.2, 0.25) is 0 Å². The van der Waals surface area contributed by atoms with Gasteiger partial charge in [0.1, 0.15) is 6.61 Å². The number of nitrogens with one attached hydrogen (secondary N) is 2. The van der Waals surface area contributed by atoms with Crippen LogP contribution in [0.5, 0.6) is 0 Å². The molecule has 3 atom stereocenters. The van der Waals surface area contributed by atoms with Gasteiger partial charge in [0.25, 0.3) is 0 Å². The van der Waals surface area contributed by atoms with Crippen LogP contribution >= 0.6 is 0 Å². The molecule has 0 bridgehead atoms. The lowest BCUT2D eigenvalue weighted by Gasteiger charge is -2.29. The van der Waals surface area contributed by atoms with Crippen LogP contribution in [0.15, 0.2) is 41.6 Å². The number of amides is 2. The van der Waals surface area contributed by atoms with E-state index >= 15 is 0 Å². The molecule has 26 heavy (non-hydrogen) atoms. The van der Waals surface area contributed by atoms with Crippen molar-refractivity contribution in [3.63, 3.8) is 0 Å². The molecule has 3 rings (SSSR count). The molecule has 7 nitrogen and oxygen atoms in total. The van der Waals surface area contributed by atoms with Gasteiger partial charge in [0, 0.05) is 0 Å². The van der Waals surface area contributed by atoms with Gasteiger partial charge in [-0.15, -0.1) is 0 Å². The number of benzene rings is 1. The van der Waals surface area contributed by atoms with E-state index in [9.17, 15) is 14.4 Å². The van der Waals surface area contributed by atoms with E-state index in [4.69, 9.17) is 9.47 Å². The molecule has 1 aliphatic carbocycles. The Morgan fingerprint density at radius 2 is 1.88 bits per heavy atom. The Morgan fingerprint density at radius 3 is 2.50 bits per heavy atom. The van der Waals surface area contributed by atoms with Crippen molar-refractivity contribution in [1.29, 1.82) is 0 Å². The number of carbonyl (C=O) groups excluding carboxylic acids is 3. The van der Waals surface area contributed by atoms with E-state index < -0.39 is 18.0 Å². The molecule has 0 aromatic heterocycles. The van der Waals surface area contributed by atoms with E-state index in [1.54, 1.807) is 6.92 Å². The molecule has 7 heteroatoms. The van der Waals surface area contributed by atoms with E-state index in [2.05, 4.69) is 10.6 Å². The Balaban J connectivity index is 1.89. The third kappa shape index (κ3) is 3.87. The first-order valence-electron chi connectivity index (χ1n) is 8.70.